The molecule has 1 saturated carbocycles. The fourth-order valence-electron chi connectivity index (χ4n) is 2.89. The number of rotatable bonds is 2. The molecule has 92 valence electrons. The molecule has 1 aliphatic heterocycles. The molecule has 0 aromatic carbocycles. The second-order valence-corrected chi connectivity index (χ2v) is 5.19. The van der Waals surface area contributed by atoms with Crippen LogP contribution in [-0.4, -0.2) is 34.3 Å². The number of aliphatic hydroxyl groups is 1. The summed E-state index contributed by atoms with van der Waals surface area (Å²) in [6.07, 6.45) is 9.80. The van der Waals surface area contributed by atoms with E-state index < -0.39 is 0 Å². The van der Waals surface area contributed by atoms with Crippen molar-refractivity contribution in [3.8, 4) is 0 Å². The van der Waals surface area contributed by atoms with Crippen LogP contribution in [0.5, 0.6) is 0 Å². The van der Waals surface area contributed by atoms with Crippen LogP contribution in [0.1, 0.15) is 43.6 Å². The molecule has 2 heterocycles. The van der Waals surface area contributed by atoms with E-state index in [2.05, 4.69) is 14.9 Å². The van der Waals surface area contributed by atoms with Crippen molar-refractivity contribution < 1.29 is 5.11 Å². The third kappa shape index (κ3) is 2.27. The second-order valence-electron chi connectivity index (χ2n) is 5.19. The maximum atomic E-state index is 9.49. The van der Waals surface area contributed by atoms with Gasteiger partial charge in [0.25, 0.3) is 0 Å². The minimum absolute atomic E-state index is 0.215. The van der Waals surface area contributed by atoms with Gasteiger partial charge in [-0.15, -0.1) is 0 Å². The van der Waals surface area contributed by atoms with Gasteiger partial charge in [-0.1, -0.05) is 12.8 Å². The number of β-amino-alcohol motifs (C(OH)–C–C–N with tert-alkyl or cyclic N) is 1. The molecule has 1 aromatic rings. The summed E-state index contributed by atoms with van der Waals surface area (Å²) in [6.45, 7) is 1.53. The van der Waals surface area contributed by atoms with Crippen molar-refractivity contribution in [1.29, 1.82) is 0 Å². The predicted molar refractivity (Wildman–Crippen MR) is 66.1 cm³/mol. The SMILES string of the molecule is OC1CCN(c2ncc(C3CCCC3)cn2)C1. The van der Waals surface area contributed by atoms with Crippen LogP contribution in [0.15, 0.2) is 12.4 Å². The Morgan fingerprint density at radius 2 is 1.82 bits per heavy atom. The zero-order valence-corrected chi connectivity index (χ0v) is 10.0. The molecule has 2 fully saturated rings. The summed E-state index contributed by atoms with van der Waals surface area (Å²) in [5.41, 5.74) is 1.28. The molecule has 4 nitrogen and oxygen atoms in total. The van der Waals surface area contributed by atoms with Crippen LogP contribution >= 0.6 is 0 Å². The van der Waals surface area contributed by atoms with Gasteiger partial charge in [-0.3, -0.25) is 0 Å². The zero-order chi connectivity index (χ0) is 11.7. The Bertz CT molecular complexity index is 373. The maximum absolute atomic E-state index is 9.49. The molecule has 0 amide bonds. The van der Waals surface area contributed by atoms with E-state index in [1.54, 1.807) is 0 Å². The van der Waals surface area contributed by atoms with E-state index in [0.29, 0.717) is 12.5 Å². The van der Waals surface area contributed by atoms with E-state index in [4.69, 9.17) is 0 Å². The monoisotopic (exact) mass is 233 g/mol. The topological polar surface area (TPSA) is 49.2 Å². The molecule has 1 aromatic heterocycles. The van der Waals surface area contributed by atoms with Gasteiger partial charge in [0.2, 0.25) is 5.95 Å². The third-order valence-electron chi connectivity index (χ3n) is 3.93. The molecule has 2 aliphatic rings. The highest BCUT2D eigenvalue weighted by Gasteiger charge is 2.23. The van der Waals surface area contributed by atoms with Crippen LogP contribution < -0.4 is 4.90 Å². The molecule has 1 aliphatic carbocycles. The van der Waals surface area contributed by atoms with Gasteiger partial charge in [0.05, 0.1) is 6.10 Å². The lowest BCUT2D eigenvalue weighted by atomic mass is 10.0. The van der Waals surface area contributed by atoms with Crippen LogP contribution in [0.25, 0.3) is 0 Å². The van der Waals surface area contributed by atoms with Gasteiger partial charge in [0.15, 0.2) is 0 Å². The Morgan fingerprint density at radius 3 is 2.41 bits per heavy atom. The Balaban J connectivity index is 1.71. The summed E-state index contributed by atoms with van der Waals surface area (Å²) in [5.74, 6) is 1.44. The molecule has 1 N–H and O–H groups in total. The van der Waals surface area contributed by atoms with E-state index in [0.717, 1.165) is 18.9 Å². The number of anilines is 1. The minimum atomic E-state index is -0.215. The lowest BCUT2D eigenvalue weighted by Crippen LogP contribution is -2.23. The van der Waals surface area contributed by atoms with E-state index in [1.807, 2.05) is 12.4 Å². The van der Waals surface area contributed by atoms with Crippen LogP contribution in [0.2, 0.25) is 0 Å². The number of hydrogen-bond acceptors (Lipinski definition) is 4. The standard InChI is InChI=1S/C13H19N3O/c17-12-5-6-16(9-12)13-14-7-11(8-15-13)10-3-1-2-4-10/h7-8,10,12,17H,1-6,9H2. The van der Waals surface area contributed by atoms with Gasteiger partial charge in [0.1, 0.15) is 0 Å². The zero-order valence-electron chi connectivity index (χ0n) is 10.0. The predicted octanol–water partition coefficient (Wildman–Crippen LogP) is 1.71. The maximum Gasteiger partial charge on any atom is 0.225 e. The molecule has 0 spiro atoms. The second kappa shape index (κ2) is 4.61. The molecule has 17 heavy (non-hydrogen) atoms. The largest absolute Gasteiger partial charge is 0.391 e. The third-order valence-corrected chi connectivity index (χ3v) is 3.93. The molecule has 0 radical (unpaired) electrons. The first kappa shape index (κ1) is 11.0. The Labute approximate surface area is 102 Å². The summed E-state index contributed by atoms with van der Waals surface area (Å²) in [4.78, 5) is 10.9. The number of hydrogen-bond donors (Lipinski definition) is 1. The summed E-state index contributed by atoms with van der Waals surface area (Å²) in [7, 11) is 0. The van der Waals surface area contributed by atoms with Crippen LogP contribution in [0.4, 0.5) is 5.95 Å². The molecular weight excluding hydrogens is 214 g/mol. The van der Waals surface area contributed by atoms with Gasteiger partial charge in [-0.25, -0.2) is 9.97 Å². The van der Waals surface area contributed by atoms with Crippen molar-refractivity contribution in [1.82, 2.24) is 9.97 Å². The highest BCUT2D eigenvalue weighted by molar-refractivity contribution is 5.32. The number of aliphatic hydroxyl groups excluding tert-OH is 1. The van der Waals surface area contributed by atoms with Gasteiger partial charge in [-0.05, 0) is 30.7 Å². The summed E-state index contributed by atoms with van der Waals surface area (Å²) < 4.78 is 0. The molecule has 1 atom stereocenters. The molecular formula is C13H19N3O. The van der Waals surface area contributed by atoms with Crippen molar-refractivity contribution >= 4 is 5.95 Å². The summed E-state index contributed by atoms with van der Waals surface area (Å²) in [5, 5.41) is 9.49. The molecule has 0 bridgehead atoms. The summed E-state index contributed by atoms with van der Waals surface area (Å²) >= 11 is 0. The van der Waals surface area contributed by atoms with Gasteiger partial charge in [-0.2, -0.15) is 0 Å². The van der Waals surface area contributed by atoms with Crippen LogP contribution in [0.3, 0.4) is 0 Å². The Kier molecular flexibility index (Phi) is 2.97. The number of nitrogens with zero attached hydrogens (tertiary/aromatic N) is 3. The molecule has 1 saturated heterocycles. The molecule has 4 heteroatoms. The van der Waals surface area contributed by atoms with Crippen molar-refractivity contribution in [3.63, 3.8) is 0 Å². The van der Waals surface area contributed by atoms with Gasteiger partial charge < -0.3 is 10.0 Å². The first-order valence-electron chi connectivity index (χ1n) is 6.58. The van der Waals surface area contributed by atoms with E-state index in [9.17, 15) is 5.11 Å². The first-order valence-corrected chi connectivity index (χ1v) is 6.58. The van der Waals surface area contributed by atoms with E-state index in [1.165, 1.54) is 31.2 Å². The summed E-state index contributed by atoms with van der Waals surface area (Å²) in [6, 6.07) is 0. The fourth-order valence-corrected chi connectivity index (χ4v) is 2.89. The first-order chi connectivity index (χ1) is 8.33. The number of aromatic nitrogens is 2. The van der Waals surface area contributed by atoms with E-state index in [-0.39, 0.29) is 6.10 Å². The van der Waals surface area contributed by atoms with Crippen molar-refractivity contribution in [2.75, 3.05) is 18.0 Å². The van der Waals surface area contributed by atoms with Gasteiger partial charge in [0, 0.05) is 25.5 Å². The Morgan fingerprint density at radius 1 is 1.12 bits per heavy atom. The molecule has 3 rings (SSSR count). The van der Waals surface area contributed by atoms with E-state index >= 15 is 0 Å². The highest BCUT2D eigenvalue weighted by atomic mass is 16.3. The van der Waals surface area contributed by atoms with Crippen molar-refractivity contribution in [2.45, 2.75) is 44.1 Å². The normalized spacial score (nSPS) is 25.7. The van der Waals surface area contributed by atoms with Crippen LogP contribution in [0, 0.1) is 0 Å². The van der Waals surface area contributed by atoms with Crippen LogP contribution in [-0.2, 0) is 0 Å². The highest BCUT2D eigenvalue weighted by Crippen LogP contribution is 2.33. The lowest BCUT2D eigenvalue weighted by Gasteiger charge is -2.16. The Hall–Kier alpha value is -1.16. The van der Waals surface area contributed by atoms with Gasteiger partial charge >= 0.3 is 0 Å². The minimum Gasteiger partial charge on any atom is -0.391 e. The van der Waals surface area contributed by atoms with Crippen molar-refractivity contribution in [3.05, 3.63) is 18.0 Å². The lowest BCUT2D eigenvalue weighted by molar-refractivity contribution is 0.198. The smallest absolute Gasteiger partial charge is 0.225 e. The van der Waals surface area contributed by atoms with Crippen molar-refractivity contribution in [2.24, 2.45) is 0 Å². The quantitative estimate of drug-likeness (QED) is 0.844. The fraction of sp³-hybridized carbons (Fsp3) is 0.692. The average Bonchev–Trinajstić information content (AvgIpc) is 3.00. The molecule has 1 unspecified atom stereocenters. The average molecular weight is 233 g/mol.